The lowest BCUT2D eigenvalue weighted by Gasteiger charge is -2.11. The molecule has 0 atom stereocenters. The van der Waals surface area contributed by atoms with Crippen LogP contribution in [0.3, 0.4) is 0 Å². The van der Waals surface area contributed by atoms with Crippen LogP contribution >= 0.6 is 0 Å². The molecule has 2 N–H and O–H groups in total. The number of nitrogens with two attached hydrogens (primary N) is 1. The van der Waals surface area contributed by atoms with Crippen molar-refractivity contribution in [3.05, 3.63) is 30.0 Å². The Kier molecular flexibility index (Phi) is 4.45. The fourth-order valence-corrected chi connectivity index (χ4v) is 2.01. The summed E-state index contributed by atoms with van der Waals surface area (Å²) in [6, 6.07) is 7.47. The lowest BCUT2D eigenvalue weighted by atomic mass is 10.1. The highest BCUT2D eigenvalue weighted by atomic mass is 16.5. The van der Waals surface area contributed by atoms with E-state index in [9.17, 15) is 0 Å². The van der Waals surface area contributed by atoms with Gasteiger partial charge in [0.1, 0.15) is 18.1 Å². The minimum absolute atomic E-state index is 0.283. The molecule has 1 aromatic heterocycles. The van der Waals surface area contributed by atoms with E-state index in [-0.39, 0.29) is 5.92 Å². The van der Waals surface area contributed by atoms with Crippen molar-refractivity contribution in [2.24, 2.45) is 0 Å². The van der Waals surface area contributed by atoms with Gasteiger partial charge >= 0.3 is 0 Å². The third-order valence-corrected chi connectivity index (χ3v) is 2.98. The Labute approximate surface area is 118 Å². The summed E-state index contributed by atoms with van der Waals surface area (Å²) >= 11 is 0. The van der Waals surface area contributed by atoms with Crippen molar-refractivity contribution in [1.29, 1.82) is 0 Å². The standard InChI is InChI=1S/C14H20N4O2/c1-10(2)13-14(15)16-17-18(13)8-9-20-12-6-4-11(19-3)5-7-12/h4-7,10H,8-9,15H2,1-3H3. The van der Waals surface area contributed by atoms with Crippen LogP contribution < -0.4 is 15.2 Å². The van der Waals surface area contributed by atoms with E-state index in [0.29, 0.717) is 19.0 Å². The first-order chi connectivity index (χ1) is 9.61. The molecule has 0 amide bonds. The second kappa shape index (κ2) is 6.27. The van der Waals surface area contributed by atoms with Gasteiger partial charge in [0, 0.05) is 0 Å². The molecule has 0 saturated carbocycles. The van der Waals surface area contributed by atoms with Gasteiger partial charge < -0.3 is 15.2 Å². The van der Waals surface area contributed by atoms with E-state index in [2.05, 4.69) is 24.2 Å². The lowest BCUT2D eigenvalue weighted by Crippen LogP contribution is -2.13. The van der Waals surface area contributed by atoms with Crippen molar-refractivity contribution >= 4 is 5.82 Å². The van der Waals surface area contributed by atoms with Crippen LogP contribution in [0.5, 0.6) is 11.5 Å². The summed E-state index contributed by atoms with van der Waals surface area (Å²) in [4.78, 5) is 0. The second-order valence-corrected chi connectivity index (χ2v) is 4.76. The number of anilines is 1. The highest BCUT2D eigenvalue weighted by Gasteiger charge is 2.13. The van der Waals surface area contributed by atoms with Crippen LogP contribution in [0.4, 0.5) is 5.82 Å². The number of methoxy groups -OCH3 is 1. The van der Waals surface area contributed by atoms with Gasteiger partial charge in [-0.15, -0.1) is 5.10 Å². The number of nitrogen functional groups attached to an aromatic ring is 1. The third-order valence-electron chi connectivity index (χ3n) is 2.98. The molecule has 1 heterocycles. The lowest BCUT2D eigenvalue weighted by molar-refractivity contribution is 0.286. The first-order valence-corrected chi connectivity index (χ1v) is 6.57. The van der Waals surface area contributed by atoms with E-state index in [1.165, 1.54) is 0 Å². The van der Waals surface area contributed by atoms with Gasteiger partial charge in [0.05, 0.1) is 19.3 Å². The number of hydrogen-bond donors (Lipinski definition) is 1. The Morgan fingerprint density at radius 2 is 1.85 bits per heavy atom. The Morgan fingerprint density at radius 1 is 1.20 bits per heavy atom. The number of rotatable bonds is 6. The van der Waals surface area contributed by atoms with Crippen LogP contribution in [-0.4, -0.2) is 28.7 Å². The van der Waals surface area contributed by atoms with E-state index >= 15 is 0 Å². The Balaban J connectivity index is 1.92. The maximum atomic E-state index is 5.81. The molecule has 0 saturated heterocycles. The maximum Gasteiger partial charge on any atom is 0.169 e. The molecule has 0 bridgehead atoms. The summed E-state index contributed by atoms with van der Waals surface area (Å²) in [7, 11) is 1.64. The van der Waals surface area contributed by atoms with Gasteiger partial charge in [-0.3, -0.25) is 0 Å². The number of aromatic nitrogens is 3. The highest BCUT2D eigenvalue weighted by Crippen LogP contribution is 2.19. The molecule has 108 valence electrons. The van der Waals surface area contributed by atoms with Crippen molar-refractivity contribution in [3.63, 3.8) is 0 Å². The first kappa shape index (κ1) is 14.2. The molecule has 1 aromatic carbocycles. The number of ether oxygens (including phenoxy) is 2. The summed E-state index contributed by atoms with van der Waals surface area (Å²) < 4.78 is 12.6. The summed E-state index contributed by atoms with van der Waals surface area (Å²) in [5.74, 6) is 2.38. The van der Waals surface area contributed by atoms with Crippen molar-refractivity contribution < 1.29 is 9.47 Å². The molecule has 0 aliphatic heterocycles. The number of benzene rings is 1. The van der Waals surface area contributed by atoms with Gasteiger partial charge in [-0.2, -0.15) is 0 Å². The third kappa shape index (κ3) is 3.20. The predicted molar refractivity (Wildman–Crippen MR) is 77.0 cm³/mol. The fraction of sp³-hybridized carbons (Fsp3) is 0.429. The number of nitrogens with zero attached hydrogens (tertiary/aromatic N) is 3. The molecule has 6 heteroatoms. The fourth-order valence-electron chi connectivity index (χ4n) is 2.01. The molecule has 0 unspecified atom stereocenters. The van der Waals surface area contributed by atoms with Crippen molar-refractivity contribution in [2.45, 2.75) is 26.3 Å². The van der Waals surface area contributed by atoms with E-state index in [1.54, 1.807) is 11.8 Å². The molecule has 6 nitrogen and oxygen atoms in total. The minimum atomic E-state index is 0.283. The SMILES string of the molecule is COc1ccc(OCCn2nnc(N)c2C(C)C)cc1. The summed E-state index contributed by atoms with van der Waals surface area (Å²) in [6.07, 6.45) is 0. The molecule has 2 aromatic rings. The van der Waals surface area contributed by atoms with E-state index < -0.39 is 0 Å². The molecule has 0 spiro atoms. The molecular weight excluding hydrogens is 256 g/mol. The van der Waals surface area contributed by atoms with Gasteiger partial charge in [0.2, 0.25) is 0 Å². The summed E-state index contributed by atoms with van der Waals surface area (Å²) in [5.41, 5.74) is 6.76. The quantitative estimate of drug-likeness (QED) is 0.874. The minimum Gasteiger partial charge on any atom is -0.497 e. The van der Waals surface area contributed by atoms with E-state index in [0.717, 1.165) is 17.2 Å². The van der Waals surface area contributed by atoms with Gasteiger partial charge in [0.25, 0.3) is 0 Å². The van der Waals surface area contributed by atoms with Crippen LogP contribution in [0.25, 0.3) is 0 Å². The molecule has 0 fully saturated rings. The van der Waals surface area contributed by atoms with Crippen molar-refractivity contribution in [1.82, 2.24) is 15.0 Å². The summed E-state index contributed by atoms with van der Waals surface area (Å²) in [5, 5.41) is 7.94. The summed E-state index contributed by atoms with van der Waals surface area (Å²) in [6.45, 7) is 5.25. The molecule has 2 rings (SSSR count). The smallest absolute Gasteiger partial charge is 0.169 e. The zero-order chi connectivity index (χ0) is 14.5. The molecule has 0 radical (unpaired) electrons. The second-order valence-electron chi connectivity index (χ2n) is 4.76. The first-order valence-electron chi connectivity index (χ1n) is 6.57. The van der Waals surface area contributed by atoms with Crippen LogP contribution in [-0.2, 0) is 6.54 Å². The average Bonchev–Trinajstić information content (AvgIpc) is 2.81. The van der Waals surface area contributed by atoms with Crippen molar-refractivity contribution in [3.8, 4) is 11.5 Å². The Bertz CT molecular complexity index is 549. The van der Waals surface area contributed by atoms with Crippen LogP contribution in [0.2, 0.25) is 0 Å². The van der Waals surface area contributed by atoms with Crippen molar-refractivity contribution in [2.75, 3.05) is 19.5 Å². The monoisotopic (exact) mass is 276 g/mol. The largest absolute Gasteiger partial charge is 0.497 e. The maximum absolute atomic E-state index is 5.81. The molecule has 20 heavy (non-hydrogen) atoms. The van der Waals surface area contributed by atoms with E-state index in [4.69, 9.17) is 15.2 Å². The normalized spacial score (nSPS) is 10.8. The molecule has 0 aliphatic carbocycles. The van der Waals surface area contributed by atoms with Crippen LogP contribution in [0, 0.1) is 0 Å². The molecule has 0 aliphatic rings. The Morgan fingerprint density at radius 3 is 2.45 bits per heavy atom. The van der Waals surface area contributed by atoms with Crippen LogP contribution in [0.1, 0.15) is 25.5 Å². The Hall–Kier alpha value is -2.24. The molecular formula is C14H20N4O2. The van der Waals surface area contributed by atoms with Crippen LogP contribution in [0.15, 0.2) is 24.3 Å². The van der Waals surface area contributed by atoms with E-state index in [1.807, 2.05) is 24.3 Å². The van der Waals surface area contributed by atoms with Gasteiger partial charge in [-0.1, -0.05) is 19.1 Å². The van der Waals surface area contributed by atoms with Gasteiger partial charge in [0.15, 0.2) is 5.82 Å². The highest BCUT2D eigenvalue weighted by molar-refractivity contribution is 5.35. The van der Waals surface area contributed by atoms with Gasteiger partial charge in [-0.05, 0) is 30.2 Å². The topological polar surface area (TPSA) is 75.2 Å². The average molecular weight is 276 g/mol. The van der Waals surface area contributed by atoms with Gasteiger partial charge in [-0.25, -0.2) is 4.68 Å². The zero-order valence-electron chi connectivity index (χ0n) is 12.0. The predicted octanol–water partition coefficient (Wildman–Crippen LogP) is 2.07. The zero-order valence-corrected chi connectivity index (χ0v) is 12.0. The number of hydrogen-bond acceptors (Lipinski definition) is 5.